The van der Waals surface area contributed by atoms with Gasteiger partial charge in [0.15, 0.2) is 12.1 Å². The lowest BCUT2D eigenvalue weighted by Gasteiger charge is -2.23. The summed E-state index contributed by atoms with van der Waals surface area (Å²) in [6.45, 7) is 3.12. The molecule has 0 saturated heterocycles. The third-order valence-electron chi connectivity index (χ3n) is 4.27. The molecule has 0 bridgehead atoms. The fraction of sp³-hybridized carbons (Fsp3) is 0.625. The van der Waals surface area contributed by atoms with Gasteiger partial charge in [0.05, 0.1) is 6.61 Å². The van der Waals surface area contributed by atoms with E-state index in [0.717, 1.165) is 23.8 Å². The van der Waals surface area contributed by atoms with Crippen LogP contribution in [-0.2, 0) is 11.2 Å². The van der Waals surface area contributed by atoms with Crippen LogP contribution in [0, 0.1) is 0 Å². The van der Waals surface area contributed by atoms with Gasteiger partial charge in [-0.05, 0) is 19.8 Å². The van der Waals surface area contributed by atoms with Gasteiger partial charge in [-0.3, -0.25) is 4.79 Å². The molecule has 1 atom stereocenters. The number of carbonyl (C=O) groups excluding carboxylic acids is 1. The molecule has 1 fully saturated rings. The van der Waals surface area contributed by atoms with Crippen LogP contribution < -0.4 is 10.2 Å². The summed E-state index contributed by atoms with van der Waals surface area (Å²) in [5.41, 5.74) is 0.412. The van der Waals surface area contributed by atoms with Crippen LogP contribution in [0.5, 0.6) is 0 Å². The molecule has 25 heavy (non-hydrogen) atoms. The summed E-state index contributed by atoms with van der Waals surface area (Å²) in [5.74, 6) is 1.66. The van der Waals surface area contributed by atoms with E-state index in [-0.39, 0.29) is 11.9 Å². The highest BCUT2D eigenvalue weighted by molar-refractivity contribution is 7.09. The van der Waals surface area contributed by atoms with Crippen molar-refractivity contribution in [1.82, 2.24) is 19.7 Å². The number of aromatic nitrogens is 3. The Balaban J connectivity index is 1.52. The number of rotatable bonds is 9. The molecule has 2 aromatic rings. The van der Waals surface area contributed by atoms with E-state index in [1.165, 1.54) is 17.9 Å². The van der Waals surface area contributed by atoms with Crippen LogP contribution in [0.4, 0.5) is 5.13 Å². The summed E-state index contributed by atoms with van der Waals surface area (Å²) < 4.78 is 14.7. The molecule has 1 N–H and O–H groups in total. The normalized spacial score (nSPS) is 15.2. The van der Waals surface area contributed by atoms with Crippen LogP contribution >= 0.6 is 11.5 Å². The number of hydrogen-bond donors (Lipinski definition) is 1. The zero-order valence-electron chi connectivity index (χ0n) is 14.7. The minimum absolute atomic E-state index is 0.0726. The van der Waals surface area contributed by atoms with Crippen LogP contribution in [-0.4, -0.2) is 53.6 Å². The first-order valence-corrected chi connectivity index (χ1v) is 9.13. The summed E-state index contributed by atoms with van der Waals surface area (Å²) in [5, 5.41) is 3.76. The Hall–Kier alpha value is -2.00. The molecular formula is C16H23N5O3S. The Morgan fingerprint density at radius 3 is 3.08 bits per heavy atom. The van der Waals surface area contributed by atoms with Gasteiger partial charge in [0.2, 0.25) is 5.13 Å². The van der Waals surface area contributed by atoms with E-state index in [4.69, 9.17) is 9.15 Å². The minimum atomic E-state index is -0.186. The number of carbonyl (C=O) groups is 1. The molecule has 1 aliphatic carbocycles. The van der Waals surface area contributed by atoms with E-state index >= 15 is 0 Å². The molecular weight excluding hydrogens is 342 g/mol. The molecule has 9 heteroatoms. The zero-order chi connectivity index (χ0) is 17.8. The van der Waals surface area contributed by atoms with Crippen LogP contribution in [0.15, 0.2) is 10.8 Å². The predicted molar refractivity (Wildman–Crippen MR) is 94.2 cm³/mol. The lowest BCUT2D eigenvalue weighted by atomic mass is 10.2. The first kappa shape index (κ1) is 17.8. The number of oxazole rings is 1. The third kappa shape index (κ3) is 4.35. The highest BCUT2D eigenvalue weighted by Crippen LogP contribution is 2.41. The monoisotopic (exact) mass is 365 g/mol. The molecule has 0 aromatic carbocycles. The van der Waals surface area contributed by atoms with Crippen molar-refractivity contribution >= 4 is 22.6 Å². The molecule has 3 rings (SSSR count). The highest BCUT2D eigenvalue weighted by Gasteiger charge is 2.32. The summed E-state index contributed by atoms with van der Waals surface area (Å²) in [6.07, 6.45) is 4.18. The van der Waals surface area contributed by atoms with Crippen molar-refractivity contribution < 1.29 is 13.9 Å². The Kier molecular flexibility index (Phi) is 5.64. The van der Waals surface area contributed by atoms with E-state index in [0.29, 0.717) is 36.9 Å². The molecule has 8 nitrogen and oxygen atoms in total. The highest BCUT2D eigenvalue weighted by atomic mass is 32.1. The second-order valence-electron chi connectivity index (χ2n) is 6.25. The molecule has 1 unspecified atom stereocenters. The van der Waals surface area contributed by atoms with Gasteiger partial charge in [0.25, 0.3) is 5.91 Å². The van der Waals surface area contributed by atoms with Gasteiger partial charge < -0.3 is 19.4 Å². The van der Waals surface area contributed by atoms with Crippen molar-refractivity contribution in [3.63, 3.8) is 0 Å². The molecule has 0 spiro atoms. The molecule has 0 aliphatic heterocycles. The van der Waals surface area contributed by atoms with Gasteiger partial charge in [-0.25, -0.2) is 9.97 Å². The van der Waals surface area contributed by atoms with Crippen LogP contribution in [0.25, 0.3) is 0 Å². The molecule has 136 valence electrons. The van der Waals surface area contributed by atoms with Gasteiger partial charge in [-0.15, -0.1) is 0 Å². The Labute approximate surface area is 150 Å². The number of ether oxygens (including phenoxy) is 1. The van der Waals surface area contributed by atoms with Gasteiger partial charge in [-0.1, -0.05) is 0 Å². The van der Waals surface area contributed by atoms with Crippen LogP contribution in [0.1, 0.15) is 47.8 Å². The molecule has 1 aliphatic rings. The third-order valence-corrected chi connectivity index (χ3v) is 5.11. The van der Waals surface area contributed by atoms with E-state index in [1.54, 1.807) is 7.11 Å². The summed E-state index contributed by atoms with van der Waals surface area (Å²) in [7, 11) is 3.61. The maximum absolute atomic E-state index is 12.4. The summed E-state index contributed by atoms with van der Waals surface area (Å²) >= 11 is 1.35. The van der Waals surface area contributed by atoms with Crippen molar-refractivity contribution in [2.75, 3.05) is 32.2 Å². The molecule has 2 aromatic heterocycles. The van der Waals surface area contributed by atoms with Crippen molar-refractivity contribution in [3.05, 3.63) is 23.7 Å². The average Bonchev–Trinajstić information content (AvgIpc) is 3.16. The number of hydrogen-bond acceptors (Lipinski definition) is 8. The standard InChI is InChI=1S/C16H23N5O3S/c1-10(21(2)16-19-12(20-25-16)6-7-23-3)8-17-15(22)13-14(11-4-5-11)24-9-18-13/h9-11H,4-8H2,1-3H3,(H,17,22). The zero-order valence-corrected chi connectivity index (χ0v) is 15.5. The smallest absolute Gasteiger partial charge is 0.273 e. The number of nitrogens with one attached hydrogen (secondary N) is 1. The van der Waals surface area contributed by atoms with Gasteiger partial charge in [-0.2, -0.15) is 4.37 Å². The van der Waals surface area contributed by atoms with E-state index in [1.807, 2.05) is 18.9 Å². The summed E-state index contributed by atoms with van der Waals surface area (Å²) in [6, 6.07) is 0.0726. The molecule has 2 heterocycles. The number of likely N-dealkylation sites (N-methyl/N-ethyl adjacent to an activating group) is 1. The lowest BCUT2D eigenvalue weighted by Crippen LogP contribution is -2.40. The lowest BCUT2D eigenvalue weighted by molar-refractivity contribution is 0.0945. The fourth-order valence-electron chi connectivity index (χ4n) is 2.39. The maximum Gasteiger partial charge on any atom is 0.273 e. The Morgan fingerprint density at radius 1 is 1.56 bits per heavy atom. The quantitative estimate of drug-likeness (QED) is 0.725. The largest absolute Gasteiger partial charge is 0.447 e. The number of amides is 1. The second-order valence-corrected chi connectivity index (χ2v) is 6.98. The average molecular weight is 365 g/mol. The predicted octanol–water partition coefficient (Wildman–Crippen LogP) is 1.85. The number of methoxy groups -OCH3 is 1. The van der Waals surface area contributed by atoms with Crippen molar-refractivity contribution in [3.8, 4) is 0 Å². The Bertz CT molecular complexity index is 712. The van der Waals surface area contributed by atoms with E-state index in [2.05, 4.69) is 19.7 Å². The topological polar surface area (TPSA) is 93.4 Å². The van der Waals surface area contributed by atoms with Gasteiger partial charge in [0.1, 0.15) is 11.6 Å². The number of nitrogens with zero attached hydrogens (tertiary/aromatic N) is 4. The van der Waals surface area contributed by atoms with Crippen molar-refractivity contribution in [2.45, 2.75) is 38.1 Å². The van der Waals surface area contributed by atoms with Crippen molar-refractivity contribution in [2.24, 2.45) is 0 Å². The van der Waals surface area contributed by atoms with Gasteiger partial charge in [0, 0.05) is 50.6 Å². The first-order valence-electron chi connectivity index (χ1n) is 8.36. The van der Waals surface area contributed by atoms with Gasteiger partial charge >= 0.3 is 0 Å². The van der Waals surface area contributed by atoms with Crippen LogP contribution in [0.3, 0.4) is 0 Å². The molecule has 1 amide bonds. The van der Waals surface area contributed by atoms with Crippen molar-refractivity contribution in [1.29, 1.82) is 0 Å². The van der Waals surface area contributed by atoms with Crippen LogP contribution in [0.2, 0.25) is 0 Å². The van der Waals surface area contributed by atoms with E-state index < -0.39 is 0 Å². The fourth-order valence-corrected chi connectivity index (χ4v) is 3.17. The second kappa shape index (κ2) is 7.92. The van der Waals surface area contributed by atoms with E-state index in [9.17, 15) is 4.79 Å². The number of anilines is 1. The Morgan fingerprint density at radius 2 is 2.36 bits per heavy atom. The maximum atomic E-state index is 12.4. The SMILES string of the molecule is COCCc1nsc(N(C)C(C)CNC(=O)c2ncoc2C2CC2)n1. The first-order chi connectivity index (χ1) is 12.1. The molecule has 0 radical (unpaired) electrons. The minimum Gasteiger partial charge on any atom is -0.447 e. The summed E-state index contributed by atoms with van der Waals surface area (Å²) in [4.78, 5) is 22.9. The molecule has 1 saturated carbocycles.